The molecule has 1 saturated heterocycles. The van der Waals surface area contributed by atoms with Crippen molar-refractivity contribution in [2.24, 2.45) is 15.9 Å². The van der Waals surface area contributed by atoms with Crippen LogP contribution in [0.15, 0.2) is 28.2 Å². The minimum Gasteiger partial charge on any atom is -0.345 e. The standard InChI is InChI=1S/C26H33F2N5O3/c1-15-5-3-4-10-33(15)24(35)13-21(31-23(34)11-17-6-7-17)26(36)30-16(2)25-29-14-22(32-25)19-9-8-18(27)12-20(19)28/h8-9,12,15-17,21H,3-7,10-11,13-14H2,1-2H3,(H,30,36)(H,31,34)/t15-,16-,21-/m0/s1. The minimum atomic E-state index is -1.01. The molecule has 3 atom stereocenters. The van der Waals surface area contributed by atoms with Crippen molar-refractivity contribution in [1.29, 1.82) is 0 Å². The van der Waals surface area contributed by atoms with Crippen LogP contribution in [0, 0.1) is 17.6 Å². The third-order valence-electron chi connectivity index (χ3n) is 6.95. The first-order valence-corrected chi connectivity index (χ1v) is 12.7. The molecule has 0 spiro atoms. The number of hydrogen-bond acceptors (Lipinski definition) is 5. The lowest BCUT2D eigenvalue weighted by Gasteiger charge is -2.34. The zero-order chi connectivity index (χ0) is 25.8. The summed E-state index contributed by atoms with van der Waals surface area (Å²) in [6.45, 7) is 4.43. The number of benzene rings is 1. The van der Waals surface area contributed by atoms with Crippen LogP contribution in [0.1, 0.15) is 64.4 Å². The maximum Gasteiger partial charge on any atom is 0.243 e. The summed E-state index contributed by atoms with van der Waals surface area (Å²) in [7, 11) is 0. The lowest BCUT2D eigenvalue weighted by atomic mass is 10.0. The Hall–Kier alpha value is -3.17. The number of piperidine rings is 1. The van der Waals surface area contributed by atoms with E-state index in [0.717, 1.165) is 44.2 Å². The van der Waals surface area contributed by atoms with E-state index in [1.165, 1.54) is 6.07 Å². The molecule has 36 heavy (non-hydrogen) atoms. The van der Waals surface area contributed by atoms with Gasteiger partial charge in [-0.05, 0) is 64.0 Å². The summed E-state index contributed by atoms with van der Waals surface area (Å²) in [5, 5.41) is 5.55. The van der Waals surface area contributed by atoms with Crippen LogP contribution in [0.3, 0.4) is 0 Å². The second-order valence-electron chi connectivity index (χ2n) is 9.99. The highest BCUT2D eigenvalue weighted by Gasteiger charge is 2.32. The van der Waals surface area contributed by atoms with E-state index in [9.17, 15) is 23.2 Å². The molecular formula is C26H33F2N5O3. The third kappa shape index (κ3) is 6.53. The Balaban J connectivity index is 1.41. The first-order chi connectivity index (χ1) is 17.2. The van der Waals surface area contributed by atoms with E-state index in [-0.39, 0.29) is 36.4 Å². The van der Waals surface area contributed by atoms with E-state index in [2.05, 4.69) is 20.6 Å². The van der Waals surface area contributed by atoms with Gasteiger partial charge in [0.25, 0.3) is 0 Å². The Morgan fingerprint density at radius 1 is 1.14 bits per heavy atom. The van der Waals surface area contributed by atoms with Crippen molar-refractivity contribution in [3.05, 3.63) is 35.4 Å². The second kappa shape index (κ2) is 11.3. The highest BCUT2D eigenvalue weighted by Crippen LogP contribution is 2.32. The van der Waals surface area contributed by atoms with E-state index in [1.54, 1.807) is 11.8 Å². The molecule has 3 aliphatic rings. The number of nitrogens with zero attached hydrogens (tertiary/aromatic N) is 3. The van der Waals surface area contributed by atoms with Gasteiger partial charge in [0.2, 0.25) is 17.7 Å². The average Bonchev–Trinajstić information content (AvgIpc) is 3.50. The molecule has 3 amide bonds. The fraction of sp³-hybridized carbons (Fsp3) is 0.577. The van der Waals surface area contributed by atoms with Crippen LogP contribution in [0.5, 0.6) is 0 Å². The summed E-state index contributed by atoms with van der Waals surface area (Å²) in [6, 6.07) is 1.70. The average molecular weight is 502 g/mol. The predicted octanol–water partition coefficient (Wildman–Crippen LogP) is 2.75. The van der Waals surface area contributed by atoms with Crippen molar-refractivity contribution in [3.63, 3.8) is 0 Å². The Morgan fingerprint density at radius 2 is 1.92 bits per heavy atom. The van der Waals surface area contributed by atoms with Crippen molar-refractivity contribution >= 4 is 29.3 Å². The molecule has 8 nitrogen and oxygen atoms in total. The van der Waals surface area contributed by atoms with Gasteiger partial charge in [-0.1, -0.05) is 0 Å². The smallest absolute Gasteiger partial charge is 0.243 e. The highest BCUT2D eigenvalue weighted by atomic mass is 19.1. The molecule has 0 radical (unpaired) electrons. The molecule has 2 N–H and O–H groups in total. The van der Waals surface area contributed by atoms with Gasteiger partial charge in [-0.15, -0.1) is 0 Å². The molecular weight excluding hydrogens is 468 g/mol. The lowest BCUT2D eigenvalue weighted by molar-refractivity contribution is -0.138. The molecule has 1 aromatic carbocycles. The van der Waals surface area contributed by atoms with Crippen LogP contribution in [-0.4, -0.2) is 65.4 Å². The molecule has 2 fully saturated rings. The SMILES string of the molecule is C[C@H](NC(=O)[C@H](CC(=O)N1CCCC[C@@H]1C)NC(=O)CC1CC1)C1=NCC(c2ccc(F)cc2F)=N1. The number of rotatable bonds is 9. The quantitative estimate of drug-likeness (QED) is 0.544. The fourth-order valence-electron chi connectivity index (χ4n) is 4.65. The van der Waals surface area contributed by atoms with Gasteiger partial charge in [0.05, 0.1) is 24.7 Å². The summed E-state index contributed by atoms with van der Waals surface area (Å²) < 4.78 is 27.4. The first kappa shape index (κ1) is 25.9. The molecule has 0 bridgehead atoms. The second-order valence-corrected chi connectivity index (χ2v) is 9.99. The normalized spacial score (nSPS) is 21.3. The Morgan fingerprint density at radius 3 is 2.61 bits per heavy atom. The summed E-state index contributed by atoms with van der Waals surface area (Å²) in [5.74, 6) is -1.67. The van der Waals surface area contributed by atoms with Gasteiger partial charge >= 0.3 is 0 Å². The molecule has 1 saturated carbocycles. The van der Waals surface area contributed by atoms with Crippen molar-refractivity contribution < 1.29 is 23.2 Å². The number of amides is 3. The number of likely N-dealkylation sites (tertiary alicyclic amines) is 1. The van der Waals surface area contributed by atoms with Gasteiger partial charge in [-0.3, -0.25) is 19.4 Å². The number of carbonyl (C=O) groups excluding carboxylic acids is 3. The zero-order valence-corrected chi connectivity index (χ0v) is 20.7. The van der Waals surface area contributed by atoms with Gasteiger partial charge in [0.1, 0.15) is 23.5 Å². The summed E-state index contributed by atoms with van der Waals surface area (Å²) >= 11 is 0. The van der Waals surface area contributed by atoms with Crippen molar-refractivity contribution in [3.8, 4) is 0 Å². The molecule has 2 aliphatic heterocycles. The Kier molecular flexibility index (Phi) is 8.11. The molecule has 0 aromatic heterocycles. The van der Waals surface area contributed by atoms with E-state index in [1.807, 2.05) is 6.92 Å². The van der Waals surface area contributed by atoms with Gasteiger partial charge in [-0.25, -0.2) is 13.8 Å². The van der Waals surface area contributed by atoms with Crippen LogP contribution >= 0.6 is 0 Å². The number of nitrogens with one attached hydrogen (secondary N) is 2. The number of halogens is 2. The van der Waals surface area contributed by atoms with E-state index in [4.69, 9.17) is 0 Å². The van der Waals surface area contributed by atoms with E-state index < -0.39 is 29.6 Å². The summed E-state index contributed by atoms with van der Waals surface area (Å²) in [6.07, 6.45) is 5.13. The van der Waals surface area contributed by atoms with Crippen LogP contribution in [0.2, 0.25) is 0 Å². The fourth-order valence-corrected chi connectivity index (χ4v) is 4.65. The largest absolute Gasteiger partial charge is 0.345 e. The number of carbonyl (C=O) groups is 3. The molecule has 194 valence electrons. The van der Waals surface area contributed by atoms with Gasteiger partial charge in [-0.2, -0.15) is 0 Å². The van der Waals surface area contributed by atoms with Crippen LogP contribution < -0.4 is 10.6 Å². The molecule has 1 aliphatic carbocycles. The van der Waals surface area contributed by atoms with Gasteiger partial charge in [0.15, 0.2) is 0 Å². The summed E-state index contributed by atoms with van der Waals surface area (Å²) in [4.78, 5) is 49.1. The zero-order valence-electron chi connectivity index (χ0n) is 20.7. The van der Waals surface area contributed by atoms with Crippen molar-refractivity contribution in [1.82, 2.24) is 15.5 Å². The summed E-state index contributed by atoms with van der Waals surface area (Å²) in [5.41, 5.74) is 0.493. The molecule has 10 heteroatoms. The van der Waals surface area contributed by atoms with Crippen LogP contribution in [0.4, 0.5) is 8.78 Å². The molecule has 1 aromatic rings. The lowest BCUT2D eigenvalue weighted by Crippen LogP contribution is -2.53. The number of hydrogen-bond donors (Lipinski definition) is 2. The Bertz CT molecular complexity index is 1090. The van der Waals surface area contributed by atoms with Crippen molar-refractivity contribution in [2.75, 3.05) is 13.1 Å². The monoisotopic (exact) mass is 501 g/mol. The first-order valence-electron chi connectivity index (χ1n) is 12.7. The molecule has 2 heterocycles. The number of amidine groups is 1. The van der Waals surface area contributed by atoms with E-state index >= 15 is 0 Å². The predicted molar refractivity (Wildman–Crippen MR) is 132 cm³/mol. The van der Waals surface area contributed by atoms with Gasteiger partial charge in [0, 0.05) is 30.6 Å². The molecule has 0 unspecified atom stereocenters. The number of aliphatic imine (C=N–C) groups is 2. The van der Waals surface area contributed by atoms with E-state index in [0.29, 0.717) is 30.4 Å². The maximum atomic E-state index is 14.1. The van der Waals surface area contributed by atoms with Crippen LogP contribution in [0.25, 0.3) is 0 Å². The molecule has 4 rings (SSSR count). The van der Waals surface area contributed by atoms with Crippen molar-refractivity contribution in [2.45, 2.75) is 76.9 Å². The van der Waals surface area contributed by atoms with Crippen LogP contribution in [-0.2, 0) is 14.4 Å². The van der Waals surface area contributed by atoms with Gasteiger partial charge < -0.3 is 15.5 Å². The third-order valence-corrected chi connectivity index (χ3v) is 6.95. The Labute approximate surface area is 209 Å². The minimum absolute atomic E-state index is 0.100. The highest BCUT2D eigenvalue weighted by molar-refractivity contribution is 6.14. The maximum absolute atomic E-state index is 14.1. The topological polar surface area (TPSA) is 103 Å².